The highest BCUT2D eigenvalue weighted by molar-refractivity contribution is 7.13. The summed E-state index contributed by atoms with van der Waals surface area (Å²) in [4.78, 5) is 5.34. The van der Waals surface area contributed by atoms with E-state index in [0.29, 0.717) is 0 Å². The number of oxazole rings is 1. The first-order chi connectivity index (χ1) is 6.81. The number of nitrogens with zero attached hydrogens (tertiary/aromatic N) is 1. The summed E-state index contributed by atoms with van der Waals surface area (Å²) in [6, 6.07) is 4.19. The van der Waals surface area contributed by atoms with Crippen LogP contribution in [-0.4, -0.2) is 12.0 Å². The highest BCUT2D eigenvalue weighted by atomic mass is 32.1. The Hall–Kier alpha value is -1.13. The van der Waals surface area contributed by atoms with Crippen LogP contribution in [0.15, 0.2) is 28.1 Å². The van der Waals surface area contributed by atoms with Gasteiger partial charge in [-0.25, -0.2) is 4.98 Å². The number of hydrogen-bond acceptors (Lipinski definition) is 4. The average Bonchev–Trinajstić information content (AvgIpc) is 2.86. The Morgan fingerprint density at radius 3 is 3.07 bits per heavy atom. The van der Waals surface area contributed by atoms with E-state index in [0.717, 1.165) is 16.5 Å². The zero-order valence-corrected chi connectivity index (χ0v) is 8.97. The lowest BCUT2D eigenvalue weighted by Crippen LogP contribution is -2.12. The Labute approximate surface area is 86.8 Å². The molecule has 14 heavy (non-hydrogen) atoms. The Morgan fingerprint density at radius 1 is 1.57 bits per heavy atom. The largest absolute Gasteiger partial charge is 0.438 e. The normalized spacial score (nSPS) is 13.0. The molecule has 2 aromatic rings. The molecule has 0 fully saturated rings. The van der Waals surface area contributed by atoms with Crippen LogP contribution in [0.5, 0.6) is 0 Å². The Bertz CT molecular complexity index is 394. The van der Waals surface area contributed by atoms with Gasteiger partial charge in [-0.2, -0.15) is 0 Å². The fraction of sp³-hybridized carbons (Fsp3) is 0.300. The molecular formula is C10H12N2OS. The Kier molecular flexibility index (Phi) is 2.65. The van der Waals surface area contributed by atoms with Gasteiger partial charge in [0.05, 0.1) is 17.1 Å². The van der Waals surface area contributed by atoms with Crippen LogP contribution in [0.1, 0.15) is 18.9 Å². The van der Waals surface area contributed by atoms with Crippen LogP contribution in [0.4, 0.5) is 0 Å². The number of aromatic nitrogens is 1. The van der Waals surface area contributed by atoms with Gasteiger partial charge >= 0.3 is 0 Å². The lowest BCUT2D eigenvalue weighted by molar-refractivity contribution is 0.442. The molecule has 0 spiro atoms. The summed E-state index contributed by atoms with van der Waals surface area (Å²) in [5.74, 6) is 1.58. The fourth-order valence-corrected chi connectivity index (χ4v) is 1.82. The van der Waals surface area contributed by atoms with E-state index < -0.39 is 0 Å². The van der Waals surface area contributed by atoms with Crippen LogP contribution in [0.3, 0.4) is 0 Å². The summed E-state index contributed by atoms with van der Waals surface area (Å²) in [5, 5.41) is 5.11. The predicted molar refractivity (Wildman–Crippen MR) is 57.3 cm³/mol. The van der Waals surface area contributed by atoms with Crippen LogP contribution < -0.4 is 5.32 Å². The first-order valence-corrected chi connectivity index (χ1v) is 5.36. The summed E-state index contributed by atoms with van der Waals surface area (Å²) in [5.41, 5.74) is 0. The standard InChI is InChI=1S/C10H12N2OS/c1-7(11-2)10-12-6-8(13-10)9-4-3-5-14-9/h3-7,11H,1-2H3. The van der Waals surface area contributed by atoms with Crippen molar-refractivity contribution in [3.05, 3.63) is 29.6 Å². The smallest absolute Gasteiger partial charge is 0.211 e. The van der Waals surface area contributed by atoms with E-state index in [4.69, 9.17) is 4.42 Å². The van der Waals surface area contributed by atoms with Crippen molar-refractivity contribution in [1.82, 2.24) is 10.3 Å². The van der Waals surface area contributed by atoms with Crippen molar-refractivity contribution in [2.24, 2.45) is 0 Å². The number of thiophene rings is 1. The van der Waals surface area contributed by atoms with Gasteiger partial charge in [0.25, 0.3) is 0 Å². The summed E-state index contributed by atoms with van der Waals surface area (Å²) in [7, 11) is 1.89. The van der Waals surface area contributed by atoms with Crippen LogP contribution in [0, 0.1) is 0 Å². The van der Waals surface area contributed by atoms with Crippen molar-refractivity contribution in [3.8, 4) is 10.6 Å². The van der Waals surface area contributed by atoms with Gasteiger partial charge in [-0.3, -0.25) is 0 Å². The quantitative estimate of drug-likeness (QED) is 0.842. The molecule has 4 heteroatoms. The third kappa shape index (κ3) is 1.71. The minimum absolute atomic E-state index is 0.156. The van der Waals surface area contributed by atoms with Crippen LogP contribution in [-0.2, 0) is 0 Å². The van der Waals surface area contributed by atoms with Crippen molar-refractivity contribution in [2.45, 2.75) is 13.0 Å². The second kappa shape index (κ2) is 3.94. The van der Waals surface area contributed by atoms with Crippen molar-refractivity contribution in [2.75, 3.05) is 7.05 Å². The maximum absolute atomic E-state index is 5.62. The van der Waals surface area contributed by atoms with E-state index >= 15 is 0 Å². The molecule has 1 unspecified atom stereocenters. The van der Waals surface area contributed by atoms with Crippen LogP contribution in [0.2, 0.25) is 0 Å². The summed E-state index contributed by atoms with van der Waals surface area (Å²) in [6.45, 7) is 2.02. The highest BCUT2D eigenvalue weighted by Gasteiger charge is 2.11. The number of hydrogen-bond donors (Lipinski definition) is 1. The van der Waals surface area contributed by atoms with Crippen LogP contribution in [0.25, 0.3) is 10.6 Å². The lowest BCUT2D eigenvalue weighted by Gasteiger charge is -2.03. The SMILES string of the molecule is CNC(C)c1ncc(-c2cccs2)o1. The van der Waals surface area contributed by atoms with Gasteiger partial charge in [0, 0.05) is 0 Å². The predicted octanol–water partition coefficient (Wildman–Crippen LogP) is 2.68. The second-order valence-corrected chi connectivity index (χ2v) is 4.00. The molecule has 3 nitrogen and oxygen atoms in total. The molecule has 0 aliphatic carbocycles. The average molecular weight is 208 g/mol. The monoisotopic (exact) mass is 208 g/mol. The van der Waals surface area contributed by atoms with Gasteiger partial charge in [-0.15, -0.1) is 11.3 Å². The Morgan fingerprint density at radius 2 is 2.43 bits per heavy atom. The summed E-state index contributed by atoms with van der Waals surface area (Å²) < 4.78 is 5.62. The molecule has 0 aliphatic heterocycles. The molecule has 0 bridgehead atoms. The maximum atomic E-state index is 5.62. The van der Waals surface area contributed by atoms with E-state index in [9.17, 15) is 0 Å². The maximum Gasteiger partial charge on any atom is 0.211 e. The zero-order valence-electron chi connectivity index (χ0n) is 8.15. The molecule has 0 saturated heterocycles. The Balaban J connectivity index is 2.26. The van der Waals surface area contributed by atoms with Crippen molar-refractivity contribution >= 4 is 11.3 Å². The molecule has 0 radical (unpaired) electrons. The van der Waals surface area contributed by atoms with Gasteiger partial charge in [0.15, 0.2) is 5.76 Å². The molecule has 0 aromatic carbocycles. The first kappa shape index (κ1) is 9.43. The van der Waals surface area contributed by atoms with Gasteiger partial charge in [-0.05, 0) is 25.4 Å². The van der Waals surface area contributed by atoms with Gasteiger partial charge < -0.3 is 9.73 Å². The molecule has 0 saturated carbocycles. The van der Waals surface area contributed by atoms with Crippen molar-refractivity contribution in [3.63, 3.8) is 0 Å². The number of nitrogens with one attached hydrogen (secondary N) is 1. The molecule has 0 aliphatic rings. The van der Waals surface area contributed by atoms with Crippen LogP contribution >= 0.6 is 11.3 Å². The molecule has 2 aromatic heterocycles. The number of rotatable bonds is 3. The van der Waals surface area contributed by atoms with Gasteiger partial charge in [0.1, 0.15) is 0 Å². The van der Waals surface area contributed by atoms with Gasteiger partial charge in [0.2, 0.25) is 5.89 Å². The zero-order chi connectivity index (χ0) is 9.97. The first-order valence-electron chi connectivity index (χ1n) is 4.48. The fourth-order valence-electron chi connectivity index (χ4n) is 1.14. The third-order valence-electron chi connectivity index (χ3n) is 2.09. The summed E-state index contributed by atoms with van der Waals surface area (Å²) >= 11 is 1.65. The minimum Gasteiger partial charge on any atom is -0.438 e. The van der Waals surface area contributed by atoms with Crippen molar-refractivity contribution < 1.29 is 4.42 Å². The molecule has 2 rings (SSSR count). The highest BCUT2D eigenvalue weighted by Crippen LogP contribution is 2.26. The molecular weight excluding hydrogens is 196 g/mol. The van der Waals surface area contributed by atoms with Gasteiger partial charge in [-0.1, -0.05) is 6.07 Å². The van der Waals surface area contributed by atoms with E-state index in [1.54, 1.807) is 17.5 Å². The lowest BCUT2D eigenvalue weighted by atomic mass is 10.3. The second-order valence-electron chi connectivity index (χ2n) is 3.05. The molecule has 2 heterocycles. The minimum atomic E-state index is 0.156. The molecule has 1 N–H and O–H groups in total. The van der Waals surface area contributed by atoms with E-state index in [-0.39, 0.29) is 6.04 Å². The third-order valence-corrected chi connectivity index (χ3v) is 2.98. The molecule has 1 atom stereocenters. The van der Waals surface area contributed by atoms with Crippen molar-refractivity contribution in [1.29, 1.82) is 0 Å². The molecule has 74 valence electrons. The molecule has 0 amide bonds. The summed E-state index contributed by atoms with van der Waals surface area (Å²) in [6.07, 6.45) is 1.77. The van der Waals surface area contributed by atoms with E-state index in [2.05, 4.69) is 10.3 Å². The van der Waals surface area contributed by atoms with E-state index in [1.807, 2.05) is 31.5 Å². The van der Waals surface area contributed by atoms with E-state index in [1.165, 1.54) is 0 Å². The topological polar surface area (TPSA) is 38.1 Å².